The number of carboxylic acid groups (broad SMARTS) is 1. The first kappa shape index (κ1) is 31.1. The second-order valence-electron chi connectivity index (χ2n) is 10.5. The summed E-state index contributed by atoms with van der Waals surface area (Å²) in [6.07, 6.45) is 0. The summed E-state index contributed by atoms with van der Waals surface area (Å²) in [5, 5.41) is 25.4. The number of aliphatic hydroxyl groups is 1. The molecular weight excluding hydrogens is 580 g/mol. The normalized spacial score (nSPS) is 21.5. The van der Waals surface area contributed by atoms with Gasteiger partial charge in [-0.15, -0.1) is 0 Å². The van der Waals surface area contributed by atoms with Gasteiger partial charge < -0.3 is 30.7 Å². The number of rotatable bonds is 8. The molecule has 5 rings (SSSR count). The maximum atomic E-state index is 14.6. The molecule has 0 saturated carbocycles. The highest BCUT2D eigenvalue weighted by Gasteiger charge is 2.70. The van der Waals surface area contributed by atoms with E-state index >= 15 is 0 Å². The minimum absolute atomic E-state index is 0.0590. The number of carbonyl (C=O) groups is 4. The second-order valence-corrected chi connectivity index (χ2v) is 10.5. The number of amides is 4. The van der Waals surface area contributed by atoms with Crippen LogP contribution in [-0.2, 0) is 19.8 Å². The fourth-order valence-electron chi connectivity index (χ4n) is 6.09. The molecule has 3 aromatic rings. The monoisotopic (exact) mass is 612 g/mol. The zero-order valence-electron chi connectivity index (χ0n) is 24.6. The van der Waals surface area contributed by atoms with Crippen molar-refractivity contribution in [3.05, 3.63) is 89.0 Å². The van der Waals surface area contributed by atoms with Crippen LogP contribution in [0.3, 0.4) is 0 Å². The van der Waals surface area contributed by atoms with E-state index in [0.717, 1.165) is 4.90 Å². The maximum absolute atomic E-state index is 14.6. The van der Waals surface area contributed by atoms with Crippen LogP contribution < -0.4 is 30.7 Å². The summed E-state index contributed by atoms with van der Waals surface area (Å²) < 4.78 is 10.7. The maximum Gasteiger partial charge on any atom is 0.328 e. The Bertz CT molecular complexity index is 1700. The van der Waals surface area contributed by atoms with Crippen LogP contribution >= 0.6 is 0 Å². The Labute approximate surface area is 259 Å². The van der Waals surface area contributed by atoms with Crippen molar-refractivity contribution >= 4 is 29.5 Å². The van der Waals surface area contributed by atoms with Crippen molar-refractivity contribution < 1.29 is 38.9 Å². The zero-order valence-corrected chi connectivity index (χ0v) is 24.6. The van der Waals surface area contributed by atoms with Crippen molar-refractivity contribution in [1.29, 1.82) is 0 Å². The molecule has 2 aliphatic rings. The third kappa shape index (κ3) is 5.43. The molecule has 4 amide bonds. The second kappa shape index (κ2) is 12.7. The number of ether oxygens (including phenoxy) is 2. The molecular formula is C33H32N4O8. The summed E-state index contributed by atoms with van der Waals surface area (Å²) >= 11 is 0. The topological polar surface area (TPSA) is 181 Å². The Balaban J connectivity index is 1.72. The van der Waals surface area contributed by atoms with Gasteiger partial charge in [0.15, 0.2) is 0 Å². The number of nitrogens with zero attached hydrogens (tertiary/aromatic N) is 1. The van der Waals surface area contributed by atoms with Gasteiger partial charge in [0.1, 0.15) is 35.5 Å². The van der Waals surface area contributed by atoms with Crippen LogP contribution in [0.1, 0.15) is 35.2 Å². The molecule has 6 N–H and O–H groups in total. The standard InChI is InChI=1S/C33H32N4O8/c1-3-35-32(43)37-25-15-8-20(5-4-19-6-11-22(44-2)12-7-19)18-24(25)33(31(37)42)26(30(40)41)27(29(34)39)36-28(33)21-9-13-23(14-10-21)45-17-16-38/h6-15,18,26-28,36,38H,3,16-17H2,1-2H3,(H2,34,39)(H,35,43)(H,40,41)/t26-,27-,28+,33-/m1/s1. The molecule has 12 nitrogen and oxygen atoms in total. The van der Waals surface area contributed by atoms with Gasteiger partial charge in [0.25, 0.3) is 0 Å². The molecule has 3 aromatic carbocycles. The number of methoxy groups -OCH3 is 1. The van der Waals surface area contributed by atoms with E-state index in [2.05, 4.69) is 22.5 Å². The number of hydrogen-bond donors (Lipinski definition) is 5. The molecule has 1 spiro atoms. The van der Waals surface area contributed by atoms with Crippen LogP contribution in [0.5, 0.6) is 11.5 Å². The van der Waals surface area contributed by atoms with Crippen LogP contribution in [0, 0.1) is 17.8 Å². The van der Waals surface area contributed by atoms with E-state index in [-0.39, 0.29) is 31.0 Å². The summed E-state index contributed by atoms with van der Waals surface area (Å²) in [7, 11) is 1.56. The van der Waals surface area contributed by atoms with Gasteiger partial charge >= 0.3 is 12.0 Å². The molecule has 0 aliphatic carbocycles. The zero-order chi connectivity index (χ0) is 32.3. The number of aliphatic hydroxyl groups excluding tert-OH is 1. The van der Waals surface area contributed by atoms with Crippen LogP contribution in [0.25, 0.3) is 0 Å². The molecule has 12 heteroatoms. The number of fused-ring (bicyclic) bond motifs is 2. The van der Waals surface area contributed by atoms with E-state index in [1.807, 2.05) is 0 Å². The summed E-state index contributed by atoms with van der Waals surface area (Å²) in [4.78, 5) is 54.7. The molecule has 2 heterocycles. The predicted octanol–water partition coefficient (Wildman–Crippen LogP) is 1.68. The molecule has 0 aromatic heterocycles. The lowest BCUT2D eigenvalue weighted by Gasteiger charge is -2.33. The Morgan fingerprint density at radius 3 is 2.27 bits per heavy atom. The third-order valence-corrected chi connectivity index (χ3v) is 7.98. The van der Waals surface area contributed by atoms with Crippen molar-refractivity contribution in [2.75, 3.05) is 31.8 Å². The van der Waals surface area contributed by atoms with E-state index in [0.29, 0.717) is 28.2 Å². The van der Waals surface area contributed by atoms with Gasteiger partial charge in [-0.2, -0.15) is 0 Å². The predicted molar refractivity (Wildman–Crippen MR) is 163 cm³/mol. The van der Waals surface area contributed by atoms with Crippen LogP contribution in [0.2, 0.25) is 0 Å². The number of carboxylic acids is 1. The van der Waals surface area contributed by atoms with Gasteiger partial charge in [0, 0.05) is 17.7 Å². The van der Waals surface area contributed by atoms with E-state index in [1.54, 1.807) is 80.8 Å². The Hall–Kier alpha value is -5.38. The molecule has 0 radical (unpaired) electrons. The van der Waals surface area contributed by atoms with Crippen LogP contribution in [0.4, 0.5) is 10.5 Å². The number of anilines is 1. The summed E-state index contributed by atoms with van der Waals surface area (Å²) in [5.41, 5.74) is 5.73. The minimum Gasteiger partial charge on any atom is -0.497 e. The van der Waals surface area contributed by atoms with E-state index in [1.165, 1.54) is 0 Å². The Morgan fingerprint density at radius 2 is 1.67 bits per heavy atom. The number of hydrogen-bond acceptors (Lipinski definition) is 8. The fourth-order valence-corrected chi connectivity index (χ4v) is 6.09. The van der Waals surface area contributed by atoms with Gasteiger partial charge in [-0.1, -0.05) is 24.0 Å². The quantitative estimate of drug-likeness (QED) is 0.237. The number of nitrogens with one attached hydrogen (secondary N) is 2. The lowest BCUT2D eigenvalue weighted by molar-refractivity contribution is -0.148. The molecule has 2 aliphatic heterocycles. The molecule has 45 heavy (non-hydrogen) atoms. The van der Waals surface area contributed by atoms with Gasteiger partial charge in [-0.3, -0.25) is 19.7 Å². The fraction of sp³-hybridized carbons (Fsp3) is 0.273. The summed E-state index contributed by atoms with van der Waals surface area (Å²) in [5.74, 6) is 2.30. The lowest BCUT2D eigenvalue weighted by Crippen LogP contribution is -2.54. The average Bonchev–Trinajstić information content (AvgIpc) is 3.53. The first-order valence-corrected chi connectivity index (χ1v) is 14.2. The van der Waals surface area contributed by atoms with Crippen molar-refractivity contribution in [2.24, 2.45) is 11.7 Å². The molecule has 1 saturated heterocycles. The van der Waals surface area contributed by atoms with Crippen molar-refractivity contribution in [3.8, 4) is 23.3 Å². The van der Waals surface area contributed by atoms with E-state index in [9.17, 15) is 24.3 Å². The number of imide groups is 1. The van der Waals surface area contributed by atoms with E-state index < -0.39 is 47.2 Å². The molecule has 4 atom stereocenters. The molecule has 0 bridgehead atoms. The number of aliphatic carboxylic acids is 1. The van der Waals surface area contributed by atoms with Gasteiger partial charge in [0.05, 0.1) is 25.4 Å². The van der Waals surface area contributed by atoms with Crippen molar-refractivity contribution in [2.45, 2.75) is 24.4 Å². The van der Waals surface area contributed by atoms with Gasteiger partial charge in [0.2, 0.25) is 11.8 Å². The number of urea groups is 1. The smallest absolute Gasteiger partial charge is 0.328 e. The molecule has 232 valence electrons. The third-order valence-electron chi connectivity index (χ3n) is 7.98. The molecule has 0 unspecified atom stereocenters. The summed E-state index contributed by atoms with van der Waals surface area (Å²) in [6, 6.07) is 15.0. The Morgan fingerprint density at radius 1 is 1.02 bits per heavy atom. The first-order chi connectivity index (χ1) is 21.7. The van der Waals surface area contributed by atoms with Crippen LogP contribution in [-0.4, -0.2) is 66.9 Å². The number of nitrogens with two attached hydrogens (primary N) is 1. The lowest BCUT2D eigenvalue weighted by atomic mass is 9.65. The highest BCUT2D eigenvalue weighted by molar-refractivity contribution is 6.24. The van der Waals surface area contributed by atoms with Crippen molar-refractivity contribution in [1.82, 2.24) is 10.6 Å². The summed E-state index contributed by atoms with van der Waals surface area (Å²) in [6.45, 7) is 1.76. The van der Waals surface area contributed by atoms with Crippen LogP contribution in [0.15, 0.2) is 66.7 Å². The van der Waals surface area contributed by atoms with Gasteiger partial charge in [-0.25, -0.2) is 9.69 Å². The van der Waals surface area contributed by atoms with E-state index in [4.69, 9.17) is 20.3 Å². The molecule has 1 fully saturated rings. The first-order valence-electron chi connectivity index (χ1n) is 14.2. The average molecular weight is 613 g/mol. The number of primary amides is 1. The SMILES string of the molecule is CCNC(=O)N1C(=O)[C@@]2(c3cc(C#Cc4ccc(OC)cc4)ccc31)[C@H](c1ccc(OCCO)cc1)N[C@@H](C(N)=O)[C@@H]2C(=O)O. The highest BCUT2D eigenvalue weighted by atomic mass is 16.5. The largest absolute Gasteiger partial charge is 0.497 e. The van der Waals surface area contributed by atoms with Crippen molar-refractivity contribution in [3.63, 3.8) is 0 Å². The number of carbonyl (C=O) groups excluding carboxylic acids is 3. The minimum atomic E-state index is -1.97. The number of benzene rings is 3. The van der Waals surface area contributed by atoms with Gasteiger partial charge in [-0.05, 0) is 72.6 Å². The highest BCUT2D eigenvalue weighted by Crippen LogP contribution is 2.58. The Kier molecular flexibility index (Phi) is 8.76.